The molecule has 0 amide bonds. The Balaban J connectivity index is 1.92. The topological polar surface area (TPSA) is 44.8 Å². The number of hydrogen-bond acceptors (Lipinski definition) is 3. The molecule has 1 aromatic heterocycles. The van der Waals surface area contributed by atoms with Crippen molar-refractivity contribution in [2.75, 3.05) is 19.6 Å². The lowest BCUT2D eigenvalue weighted by atomic mass is 9.94. The fraction of sp³-hybridized carbons (Fsp3) is 0.778. The van der Waals surface area contributed by atoms with Gasteiger partial charge in [-0.25, -0.2) is 0 Å². The second-order valence-corrected chi connectivity index (χ2v) is 3.60. The van der Waals surface area contributed by atoms with Gasteiger partial charge in [-0.3, -0.25) is 0 Å². The maximum Gasteiger partial charge on any atom is 0.0856 e. The smallest absolute Gasteiger partial charge is 0.0856 e. The third-order valence-corrected chi connectivity index (χ3v) is 2.89. The van der Waals surface area contributed by atoms with Crippen LogP contribution in [0.3, 0.4) is 0 Å². The van der Waals surface area contributed by atoms with E-state index in [9.17, 15) is 0 Å². The van der Waals surface area contributed by atoms with Gasteiger partial charge in [0.1, 0.15) is 0 Å². The Bertz CT molecular complexity index is 236. The molecule has 1 aromatic rings. The minimum Gasteiger partial charge on any atom is -0.304 e. The summed E-state index contributed by atoms with van der Waals surface area (Å²) in [6.45, 7) is 5.80. The van der Waals surface area contributed by atoms with Crippen LogP contribution in [0.4, 0.5) is 0 Å². The number of piperidine rings is 1. The molecule has 2 rings (SSSR count). The van der Waals surface area contributed by atoms with E-state index >= 15 is 0 Å². The summed E-state index contributed by atoms with van der Waals surface area (Å²) in [7, 11) is 0. The van der Waals surface area contributed by atoms with Crippen molar-refractivity contribution in [3.8, 4) is 0 Å². The minimum absolute atomic E-state index is 0.626. The van der Waals surface area contributed by atoms with E-state index in [2.05, 4.69) is 27.2 Å². The average molecular weight is 180 g/mol. The van der Waals surface area contributed by atoms with Crippen molar-refractivity contribution in [2.24, 2.45) is 0 Å². The molecular formula is C9H16N4. The van der Waals surface area contributed by atoms with Crippen molar-refractivity contribution in [1.82, 2.24) is 20.3 Å². The van der Waals surface area contributed by atoms with Crippen LogP contribution in [0.2, 0.25) is 0 Å². The summed E-state index contributed by atoms with van der Waals surface area (Å²) in [5.74, 6) is 0.626. The van der Waals surface area contributed by atoms with Gasteiger partial charge in [0.2, 0.25) is 0 Å². The van der Waals surface area contributed by atoms with Crippen molar-refractivity contribution in [2.45, 2.75) is 25.7 Å². The molecule has 0 aliphatic carbocycles. The van der Waals surface area contributed by atoms with E-state index in [-0.39, 0.29) is 0 Å². The van der Waals surface area contributed by atoms with E-state index in [1.165, 1.54) is 32.5 Å². The number of likely N-dealkylation sites (tertiary alicyclic amines) is 1. The molecule has 2 heterocycles. The van der Waals surface area contributed by atoms with Crippen molar-refractivity contribution in [3.05, 3.63) is 11.9 Å². The third kappa shape index (κ3) is 1.88. The number of rotatable bonds is 2. The predicted octanol–water partition coefficient (Wildman–Crippen LogP) is 1.00. The first-order chi connectivity index (χ1) is 6.40. The molecule has 72 valence electrons. The van der Waals surface area contributed by atoms with Gasteiger partial charge in [0, 0.05) is 5.92 Å². The molecule has 0 atom stereocenters. The van der Waals surface area contributed by atoms with E-state index < -0.39 is 0 Å². The zero-order chi connectivity index (χ0) is 9.10. The van der Waals surface area contributed by atoms with Gasteiger partial charge in [-0.2, -0.15) is 15.4 Å². The molecule has 1 aliphatic heterocycles. The van der Waals surface area contributed by atoms with Crippen LogP contribution in [0.5, 0.6) is 0 Å². The molecule has 1 N–H and O–H groups in total. The summed E-state index contributed by atoms with van der Waals surface area (Å²) in [5, 5.41) is 10.7. The van der Waals surface area contributed by atoms with Crippen LogP contribution in [0.1, 0.15) is 31.4 Å². The van der Waals surface area contributed by atoms with E-state index in [0.717, 1.165) is 5.69 Å². The summed E-state index contributed by atoms with van der Waals surface area (Å²) in [6, 6.07) is 0. The number of hydrogen-bond donors (Lipinski definition) is 1. The van der Waals surface area contributed by atoms with Crippen LogP contribution in [0.25, 0.3) is 0 Å². The van der Waals surface area contributed by atoms with Crippen LogP contribution in [-0.4, -0.2) is 39.9 Å². The molecule has 4 heteroatoms. The molecule has 1 saturated heterocycles. The van der Waals surface area contributed by atoms with Gasteiger partial charge in [0.25, 0.3) is 0 Å². The summed E-state index contributed by atoms with van der Waals surface area (Å²) in [4.78, 5) is 2.48. The summed E-state index contributed by atoms with van der Waals surface area (Å²) in [5.41, 5.74) is 1.13. The maximum absolute atomic E-state index is 4.14. The normalized spacial score (nSPS) is 20.7. The lowest BCUT2D eigenvalue weighted by molar-refractivity contribution is 0.221. The molecule has 0 bridgehead atoms. The van der Waals surface area contributed by atoms with Gasteiger partial charge >= 0.3 is 0 Å². The third-order valence-electron chi connectivity index (χ3n) is 2.89. The van der Waals surface area contributed by atoms with Gasteiger partial charge in [-0.15, -0.1) is 0 Å². The predicted molar refractivity (Wildman–Crippen MR) is 50.5 cm³/mol. The Hall–Kier alpha value is -0.900. The molecule has 4 nitrogen and oxygen atoms in total. The number of aromatic amines is 1. The molecular weight excluding hydrogens is 164 g/mol. The highest BCUT2D eigenvalue weighted by Crippen LogP contribution is 2.25. The second kappa shape index (κ2) is 3.87. The Labute approximate surface area is 78.3 Å². The maximum atomic E-state index is 4.14. The Morgan fingerprint density at radius 1 is 1.54 bits per heavy atom. The van der Waals surface area contributed by atoms with Crippen molar-refractivity contribution >= 4 is 0 Å². The molecule has 0 radical (unpaired) electrons. The first-order valence-electron chi connectivity index (χ1n) is 4.98. The zero-order valence-electron chi connectivity index (χ0n) is 8.03. The standard InChI is InChI=1S/C9H16N4/c1-2-13-5-3-8(4-6-13)9-7-10-12-11-9/h7-8H,2-6H2,1H3,(H,10,11,12). The largest absolute Gasteiger partial charge is 0.304 e. The lowest BCUT2D eigenvalue weighted by Crippen LogP contribution is -2.32. The molecule has 0 saturated carbocycles. The first-order valence-corrected chi connectivity index (χ1v) is 4.98. The van der Waals surface area contributed by atoms with Gasteiger partial charge in [0.05, 0.1) is 11.9 Å². The van der Waals surface area contributed by atoms with Crippen LogP contribution < -0.4 is 0 Å². The average Bonchev–Trinajstić information content (AvgIpc) is 2.71. The van der Waals surface area contributed by atoms with Crippen molar-refractivity contribution in [3.63, 3.8) is 0 Å². The van der Waals surface area contributed by atoms with E-state index in [4.69, 9.17) is 0 Å². The fourth-order valence-electron chi connectivity index (χ4n) is 1.95. The minimum atomic E-state index is 0.626. The lowest BCUT2D eigenvalue weighted by Gasteiger charge is -2.29. The van der Waals surface area contributed by atoms with Crippen molar-refractivity contribution < 1.29 is 0 Å². The summed E-state index contributed by atoms with van der Waals surface area (Å²) in [6.07, 6.45) is 4.30. The second-order valence-electron chi connectivity index (χ2n) is 3.60. The Morgan fingerprint density at radius 3 is 2.85 bits per heavy atom. The SMILES string of the molecule is CCN1CCC(c2cn[nH]n2)CC1. The van der Waals surface area contributed by atoms with E-state index in [1.54, 1.807) is 0 Å². The van der Waals surface area contributed by atoms with Gasteiger partial charge in [0.15, 0.2) is 0 Å². The molecule has 0 spiro atoms. The fourth-order valence-corrected chi connectivity index (χ4v) is 1.95. The zero-order valence-corrected chi connectivity index (χ0v) is 8.03. The van der Waals surface area contributed by atoms with E-state index in [1.807, 2.05) is 6.20 Å². The van der Waals surface area contributed by atoms with Crippen LogP contribution in [0.15, 0.2) is 6.20 Å². The first kappa shape index (κ1) is 8.69. The summed E-state index contributed by atoms with van der Waals surface area (Å²) >= 11 is 0. The highest BCUT2D eigenvalue weighted by atomic mass is 15.3. The highest BCUT2D eigenvalue weighted by Gasteiger charge is 2.20. The number of aromatic nitrogens is 3. The van der Waals surface area contributed by atoms with Crippen LogP contribution in [0, 0.1) is 0 Å². The Kier molecular flexibility index (Phi) is 2.59. The molecule has 1 fully saturated rings. The van der Waals surface area contributed by atoms with Gasteiger partial charge in [-0.05, 0) is 32.5 Å². The number of H-pyrrole nitrogens is 1. The van der Waals surface area contributed by atoms with Gasteiger partial charge < -0.3 is 4.90 Å². The monoisotopic (exact) mass is 180 g/mol. The van der Waals surface area contributed by atoms with Crippen LogP contribution in [-0.2, 0) is 0 Å². The molecule has 1 aliphatic rings. The molecule has 0 unspecified atom stereocenters. The highest BCUT2D eigenvalue weighted by molar-refractivity contribution is 5.02. The van der Waals surface area contributed by atoms with E-state index in [0.29, 0.717) is 5.92 Å². The Morgan fingerprint density at radius 2 is 2.31 bits per heavy atom. The summed E-state index contributed by atoms with van der Waals surface area (Å²) < 4.78 is 0. The van der Waals surface area contributed by atoms with Crippen molar-refractivity contribution in [1.29, 1.82) is 0 Å². The molecule has 0 aromatic carbocycles. The van der Waals surface area contributed by atoms with Gasteiger partial charge in [-0.1, -0.05) is 6.92 Å². The quantitative estimate of drug-likeness (QED) is 0.738. The van der Waals surface area contributed by atoms with Crippen LogP contribution >= 0.6 is 0 Å². The number of nitrogens with one attached hydrogen (secondary N) is 1. The number of nitrogens with zero attached hydrogens (tertiary/aromatic N) is 3. The molecule has 13 heavy (non-hydrogen) atoms.